The zero-order valence-corrected chi connectivity index (χ0v) is 11.7. The van der Waals surface area contributed by atoms with Crippen LogP contribution in [0, 0.1) is 5.41 Å². The molecular weight excluding hydrogens is 214 g/mol. The molecule has 1 fully saturated rings. The largest absolute Gasteiger partial charge is 0.354 e. The summed E-state index contributed by atoms with van der Waals surface area (Å²) in [6.07, 6.45) is 4.14. The maximum atomic E-state index is 12.3. The Morgan fingerprint density at radius 1 is 1.35 bits per heavy atom. The molecule has 0 aliphatic heterocycles. The van der Waals surface area contributed by atoms with Crippen LogP contribution in [0.25, 0.3) is 0 Å². The molecule has 1 aliphatic carbocycles. The van der Waals surface area contributed by atoms with Crippen molar-refractivity contribution in [3.8, 4) is 0 Å². The highest BCUT2D eigenvalue weighted by Crippen LogP contribution is 2.37. The summed E-state index contributed by atoms with van der Waals surface area (Å²) in [7, 11) is 4.06. The number of nitrogens with zero attached hydrogens (tertiary/aromatic N) is 1. The lowest BCUT2D eigenvalue weighted by Crippen LogP contribution is -2.52. The average Bonchev–Trinajstić information content (AvgIpc) is 2.75. The molecule has 17 heavy (non-hydrogen) atoms. The van der Waals surface area contributed by atoms with Gasteiger partial charge in [-0.15, -0.1) is 0 Å². The zero-order chi connectivity index (χ0) is 13.1. The number of nitrogens with two attached hydrogens (primary N) is 1. The van der Waals surface area contributed by atoms with Gasteiger partial charge in [0.2, 0.25) is 5.91 Å². The van der Waals surface area contributed by atoms with Crippen LogP contribution in [0.1, 0.15) is 39.5 Å². The summed E-state index contributed by atoms with van der Waals surface area (Å²) in [4.78, 5) is 14.4. The van der Waals surface area contributed by atoms with Gasteiger partial charge in [0.1, 0.15) is 0 Å². The maximum Gasteiger partial charge on any atom is 0.227 e. The van der Waals surface area contributed by atoms with Crippen LogP contribution in [0.2, 0.25) is 0 Å². The molecule has 0 atom stereocenters. The number of amides is 1. The summed E-state index contributed by atoms with van der Waals surface area (Å²) in [6.45, 7) is 5.38. The van der Waals surface area contributed by atoms with E-state index in [1.807, 2.05) is 14.1 Å². The van der Waals surface area contributed by atoms with E-state index in [1.165, 1.54) is 0 Å². The number of likely N-dealkylation sites (N-methyl/N-ethyl adjacent to an activating group) is 1. The number of rotatable bonds is 5. The van der Waals surface area contributed by atoms with E-state index in [-0.39, 0.29) is 16.9 Å². The second-order valence-electron chi connectivity index (χ2n) is 6.08. The fourth-order valence-electron chi connectivity index (χ4n) is 2.22. The fourth-order valence-corrected chi connectivity index (χ4v) is 2.22. The van der Waals surface area contributed by atoms with Crippen molar-refractivity contribution in [2.24, 2.45) is 11.1 Å². The first kappa shape index (κ1) is 14.5. The lowest BCUT2D eigenvalue weighted by atomic mass is 9.85. The van der Waals surface area contributed by atoms with E-state index in [0.29, 0.717) is 13.1 Å². The first-order valence-electron chi connectivity index (χ1n) is 6.50. The Hall–Kier alpha value is -0.610. The normalized spacial score (nSPS) is 19.6. The Morgan fingerprint density at radius 2 is 1.88 bits per heavy atom. The van der Waals surface area contributed by atoms with Crippen molar-refractivity contribution < 1.29 is 4.79 Å². The number of carbonyl (C=O) groups excluding carboxylic acids is 1. The summed E-state index contributed by atoms with van der Waals surface area (Å²) >= 11 is 0. The Morgan fingerprint density at radius 3 is 2.29 bits per heavy atom. The van der Waals surface area contributed by atoms with Crippen LogP contribution < -0.4 is 11.1 Å². The molecule has 1 amide bonds. The predicted octanol–water partition coefficient (Wildman–Crippen LogP) is 0.962. The van der Waals surface area contributed by atoms with Crippen molar-refractivity contribution in [2.45, 2.75) is 45.1 Å². The van der Waals surface area contributed by atoms with Crippen LogP contribution in [0.4, 0.5) is 0 Å². The first-order chi connectivity index (χ1) is 7.84. The quantitative estimate of drug-likeness (QED) is 0.754. The van der Waals surface area contributed by atoms with E-state index in [2.05, 4.69) is 24.1 Å². The van der Waals surface area contributed by atoms with Crippen molar-refractivity contribution >= 4 is 5.91 Å². The van der Waals surface area contributed by atoms with Crippen LogP contribution in [0.5, 0.6) is 0 Å². The molecule has 0 radical (unpaired) electrons. The van der Waals surface area contributed by atoms with Gasteiger partial charge >= 0.3 is 0 Å². The molecule has 0 spiro atoms. The molecule has 0 unspecified atom stereocenters. The van der Waals surface area contributed by atoms with Gasteiger partial charge < -0.3 is 16.0 Å². The lowest BCUT2D eigenvalue weighted by Gasteiger charge is -2.34. The van der Waals surface area contributed by atoms with Crippen molar-refractivity contribution in [3.63, 3.8) is 0 Å². The molecule has 0 saturated heterocycles. The number of nitrogens with one attached hydrogen (secondary N) is 1. The van der Waals surface area contributed by atoms with Gasteiger partial charge in [-0.05, 0) is 40.8 Å². The Labute approximate surface area is 105 Å². The molecule has 4 nitrogen and oxygen atoms in total. The van der Waals surface area contributed by atoms with Gasteiger partial charge in [-0.2, -0.15) is 0 Å². The minimum absolute atomic E-state index is 0.0238. The number of hydrogen-bond donors (Lipinski definition) is 2. The van der Waals surface area contributed by atoms with Crippen LogP contribution in [-0.4, -0.2) is 43.5 Å². The van der Waals surface area contributed by atoms with Crippen molar-refractivity contribution in [3.05, 3.63) is 0 Å². The molecule has 0 bridgehead atoms. The van der Waals surface area contributed by atoms with Crippen molar-refractivity contribution in [2.75, 3.05) is 27.2 Å². The highest BCUT2D eigenvalue weighted by molar-refractivity contribution is 5.83. The minimum atomic E-state index is -0.289. The van der Waals surface area contributed by atoms with Gasteiger partial charge in [-0.3, -0.25) is 4.79 Å². The summed E-state index contributed by atoms with van der Waals surface area (Å²) < 4.78 is 0. The summed E-state index contributed by atoms with van der Waals surface area (Å²) in [5.41, 5.74) is 5.48. The second kappa shape index (κ2) is 5.36. The summed E-state index contributed by atoms with van der Waals surface area (Å²) in [5, 5.41) is 3.08. The summed E-state index contributed by atoms with van der Waals surface area (Å²) in [5.74, 6) is 0.146. The minimum Gasteiger partial charge on any atom is -0.354 e. The topological polar surface area (TPSA) is 58.4 Å². The smallest absolute Gasteiger partial charge is 0.227 e. The molecule has 0 aromatic carbocycles. The molecule has 0 aromatic rings. The van der Waals surface area contributed by atoms with Crippen molar-refractivity contribution in [1.29, 1.82) is 0 Å². The van der Waals surface area contributed by atoms with E-state index in [4.69, 9.17) is 5.73 Å². The van der Waals surface area contributed by atoms with Crippen LogP contribution in [-0.2, 0) is 4.79 Å². The number of hydrogen-bond acceptors (Lipinski definition) is 3. The monoisotopic (exact) mass is 241 g/mol. The van der Waals surface area contributed by atoms with E-state index in [0.717, 1.165) is 25.7 Å². The highest BCUT2D eigenvalue weighted by Gasteiger charge is 2.40. The third-order valence-corrected chi connectivity index (χ3v) is 4.33. The molecular formula is C13H27N3O. The molecule has 1 saturated carbocycles. The van der Waals surface area contributed by atoms with Gasteiger partial charge in [-0.1, -0.05) is 12.8 Å². The maximum absolute atomic E-state index is 12.3. The van der Waals surface area contributed by atoms with Crippen LogP contribution in [0.15, 0.2) is 0 Å². The first-order valence-corrected chi connectivity index (χ1v) is 6.50. The standard InChI is InChI=1S/C13H27N3O/c1-12(2,16(3)4)10-15-11(17)13(9-14)7-5-6-8-13/h5-10,14H2,1-4H3,(H,15,17). The van der Waals surface area contributed by atoms with Gasteiger partial charge in [-0.25, -0.2) is 0 Å². The molecule has 4 heteroatoms. The molecule has 1 aliphatic rings. The number of carbonyl (C=O) groups is 1. The average molecular weight is 241 g/mol. The Bertz CT molecular complexity index is 268. The third-order valence-electron chi connectivity index (χ3n) is 4.33. The van der Waals surface area contributed by atoms with Gasteiger partial charge in [0.05, 0.1) is 5.41 Å². The zero-order valence-electron chi connectivity index (χ0n) is 11.7. The van der Waals surface area contributed by atoms with Gasteiger partial charge in [0, 0.05) is 18.6 Å². The van der Waals surface area contributed by atoms with Crippen LogP contribution in [0.3, 0.4) is 0 Å². The van der Waals surface area contributed by atoms with Gasteiger partial charge in [0.25, 0.3) is 0 Å². The molecule has 0 heterocycles. The van der Waals surface area contributed by atoms with Crippen LogP contribution >= 0.6 is 0 Å². The fraction of sp³-hybridized carbons (Fsp3) is 0.923. The molecule has 0 aromatic heterocycles. The van der Waals surface area contributed by atoms with Gasteiger partial charge in [0.15, 0.2) is 0 Å². The Balaban J connectivity index is 2.54. The predicted molar refractivity (Wildman–Crippen MR) is 70.7 cm³/mol. The van der Waals surface area contributed by atoms with Crippen molar-refractivity contribution in [1.82, 2.24) is 10.2 Å². The van der Waals surface area contributed by atoms with E-state index < -0.39 is 0 Å². The highest BCUT2D eigenvalue weighted by atomic mass is 16.2. The van der Waals surface area contributed by atoms with E-state index in [9.17, 15) is 4.79 Å². The van der Waals surface area contributed by atoms with E-state index in [1.54, 1.807) is 0 Å². The third kappa shape index (κ3) is 3.19. The Kier molecular flexibility index (Phi) is 4.55. The molecule has 1 rings (SSSR count). The summed E-state index contributed by atoms with van der Waals surface area (Å²) in [6, 6.07) is 0. The molecule has 3 N–H and O–H groups in total. The SMILES string of the molecule is CN(C)C(C)(C)CNC(=O)C1(CN)CCCC1. The lowest BCUT2D eigenvalue weighted by molar-refractivity contribution is -0.130. The molecule has 100 valence electrons. The second-order valence-corrected chi connectivity index (χ2v) is 6.08. The van der Waals surface area contributed by atoms with E-state index >= 15 is 0 Å².